The van der Waals surface area contributed by atoms with Gasteiger partial charge in [-0.05, 0) is 67.0 Å². The van der Waals surface area contributed by atoms with Crippen LogP contribution in [-0.2, 0) is 28.9 Å². The second kappa shape index (κ2) is 15.9. The summed E-state index contributed by atoms with van der Waals surface area (Å²) in [6, 6.07) is 17.0. The molecule has 1 atom stereocenters. The van der Waals surface area contributed by atoms with Crippen molar-refractivity contribution in [2.45, 2.75) is 50.9 Å². The zero-order chi connectivity index (χ0) is 36.9. The molecule has 2 aromatic heterocycles. The predicted molar refractivity (Wildman–Crippen MR) is 189 cm³/mol. The van der Waals surface area contributed by atoms with E-state index in [4.69, 9.17) is 4.74 Å². The Kier molecular flexibility index (Phi) is 11.4. The highest BCUT2D eigenvalue weighted by atomic mass is 19.4. The number of aryl methyl sites for hydroxylation is 2. The van der Waals surface area contributed by atoms with Gasteiger partial charge in [0.25, 0.3) is 0 Å². The third kappa shape index (κ3) is 8.03. The molecule has 1 amide bonds. The van der Waals surface area contributed by atoms with Crippen molar-refractivity contribution in [2.75, 3.05) is 39.9 Å². The average Bonchev–Trinajstić information content (AvgIpc) is 3.15. The van der Waals surface area contributed by atoms with Gasteiger partial charge in [-0.2, -0.15) is 13.2 Å². The maximum absolute atomic E-state index is 15.2. The standard InChI is InChI=1S/C40H41F5N4O3/c1-52-24-23-47-21-16-31(17-22-47)49(27-39(40(43,44)45)18-14-29(15-19-39)28-7-3-2-4-8-28)36(51)26-48-32(13-12-30-9-5-11-34(41)37(30)42)25-35(50)33-10-6-20-46-38(33)48/h2-11,14-15,18,20,25,31H,12-13,16-17,19,21-24,26-27H2,1H3. The van der Waals surface area contributed by atoms with Crippen LogP contribution >= 0.6 is 0 Å². The molecule has 3 heterocycles. The quantitative estimate of drug-likeness (QED) is 0.148. The summed E-state index contributed by atoms with van der Waals surface area (Å²) < 4.78 is 81.1. The van der Waals surface area contributed by atoms with Crippen molar-refractivity contribution in [3.05, 3.63) is 130 Å². The van der Waals surface area contributed by atoms with Crippen molar-refractivity contribution < 1.29 is 31.5 Å². The summed E-state index contributed by atoms with van der Waals surface area (Å²) in [6.45, 7) is 1.35. The molecule has 0 bridgehead atoms. The molecule has 1 saturated heterocycles. The van der Waals surface area contributed by atoms with Crippen LogP contribution in [0, 0.1) is 17.0 Å². The number of nitrogens with zero attached hydrogens (tertiary/aromatic N) is 4. The summed E-state index contributed by atoms with van der Waals surface area (Å²) in [5, 5.41) is 0.231. The van der Waals surface area contributed by atoms with Gasteiger partial charge in [-0.25, -0.2) is 13.8 Å². The number of likely N-dealkylation sites (tertiary alicyclic amines) is 1. The number of carbonyl (C=O) groups is 1. The molecule has 52 heavy (non-hydrogen) atoms. The number of hydrogen-bond donors (Lipinski definition) is 0. The molecule has 7 nitrogen and oxygen atoms in total. The molecule has 1 fully saturated rings. The number of ether oxygens (including phenoxy) is 1. The minimum Gasteiger partial charge on any atom is -0.383 e. The largest absolute Gasteiger partial charge is 0.399 e. The number of halogens is 5. The van der Waals surface area contributed by atoms with E-state index in [1.807, 2.05) is 30.3 Å². The predicted octanol–water partition coefficient (Wildman–Crippen LogP) is 6.99. The van der Waals surface area contributed by atoms with Crippen molar-refractivity contribution in [1.82, 2.24) is 19.4 Å². The number of allylic oxidation sites excluding steroid dienone is 3. The van der Waals surface area contributed by atoms with Gasteiger partial charge >= 0.3 is 6.18 Å². The number of benzene rings is 2. The first-order valence-electron chi connectivity index (χ1n) is 17.4. The number of carbonyl (C=O) groups excluding carboxylic acids is 1. The number of piperidine rings is 1. The number of amides is 1. The van der Waals surface area contributed by atoms with E-state index in [-0.39, 0.29) is 41.3 Å². The Labute approximate surface area is 299 Å². The molecule has 1 aliphatic carbocycles. The van der Waals surface area contributed by atoms with Gasteiger partial charge < -0.3 is 19.1 Å². The molecule has 1 aliphatic heterocycles. The van der Waals surface area contributed by atoms with Gasteiger partial charge in [-0.15, -0.1) is 0 Å². The molecule has 274 valence electrons. The average molecular weight is 721 g/mol. The summed E-state index contributed by atoms with van der Waals surface area (Å²) >= 11 is 0. The fourth-order valence-electron chi connectivity index (χ4n) is 7.20. The lowest BCUT2D eigenvalue weighted by Gasteiger charge is -2.44. The molecule has 2 aliphatic rings. The lowest BCUT2D eigenvalue weighted by Crippen LogP contribution is -2.55. The summed E-state index contributed by atoms with van der Waals surface area (Å²) in [5.41, 5.74) is -0.620. The highest BCUT2D eigenvalue weighted by Gasteiger charge is 2.55. The van der Waals surface area contributed by atoms with Crippen molar-refractivity contribution in [2.24, 2.45) is 5.41 Å². The molecular formula is C40H41F5N4O3. The van der Waals surface area contributed by atoms with Gasteiger partial charge in [0.2, 0.25) is 5.91 Å². The maximum atomic E-state index is 15.2. The molecular weight excluding hydrogens is 679 g/mol. The first kappa shape index (κ1) is 37.1. The van der Waals surface area contributed by atoms with Crippen LogP contribution in [0.1, 0.15) is 36.1 Å². The van der Waals surface area contributed by atoms with Crippen LogP contribution < -0.4 is 5.43 Å². The van der Waals surface area contributed by atoms with Crippen LogP contribution in [0.25, 0.3) is 16.6 Å². The number of pyridine rings is 2. The van der Waals surface area contributed by atoms with E-state index in [1.165, 1.54) is 46.0 Å². The van der Waals surface area contributed by atoms with Crippen LogP contribution in [-0.4, -0.2) is 77.4 Å². The fourth-order valence-corrected chi connectivity index (χ4v) is 7.20. The van der Waals surface area contributed by atoms with E-state index in [0.29, 0.717) is 50.3 Å². The van der Waals surface area contributed by atoms with Gasteiger partial charge in [0.1, 0.15) is 17.6 Å². The molecule has 0 spiro atoms. The Bertz CT molecular complexity index is 2000. The van der Waals surface area contributed by atoms with Crippen LogP contribution in [0.5, 0.6) is 0 Å². The van der Waals surface area contributed by atoms with Crippen molar-refractivity contribution in [3.63, 3.8) is 0 Å². The maximum Gasteiger partial charge on any atom is 0.399 e. The first-order chi connectivity index (χ1) is 25.0. The SMILES string of the molecule is COCCN1CCC(N(CC2(C(F)(F)F)C=CC(c3ccccc3)=CC2)C(=O)Cn2c(CCc3cccc(F)c3F)cc(=O)c3cccnc32)CC1. The normalized spacial score (nSPS) is 18.5. The van der Waals surface area contributed by atoms with E-state index < -0.39 is 48.3 Å². The smallest absolute Gasteiger partial charge is 0.383 e. The summed E-state index contributed by atoms with van der Waals surface area (Å²) in [5.74, 6) is -2.56. The van der Waals surface area contributed by atoms with Gasteiger partial charge in [-0.1, -0.05) is 60.7 Å². The Morgan fingerprint density at radius 3 is 2.48 bits per heavy atom. The molecule has 1 unspecified atom stereocenters. The molecule has 0 radical (unpaired) electrons. The third-order valence-corrected chi connectivity index (χ3v) is 10.2. The van der Waals surface area contributed by atoms with E-state index >= 15 is 13.2 Å². The van der Waals surface area contributed by atoms with Crippen molar-refractivity contribution in [1.29, 1.82) is 0 Å². The minimum atomic E-state index is -4.67. The number of alkyl halides is 3. The van der Waals surface area contributed by atoms with Crippen molar-refractivity contribution in [3.8, 4) is 0 Å². The summed E-state index contributed by atoms with van der Waals surface area (Å²) in [4.78, 5) is 35.7. The highest BCUT2D eigenvalue weighted by molar-refractivity contribution is 5.81. The lowest BCUT2D eigenvalue weighted by atomic mass is 9.77. The lowest BCUT2D eigenvalue weighted by molar-refractivity contribution is -0.212. The monoisotopic (exact) mass is 720 g/mol. The van der Waals surface area contributed by atoms with E-state index in [1.54, 1.807) is 25.3 Å². The molecule has 0 N–H and O–H groups in total. The Balaban J connectivity index is 1.35. The Morgan fingerprint density at radius 1 is 1.02 bits per heavy atom. The highest BCUT2D eigenvalue weighted by Crippen LogP contribution is 2.47. The van der Waals surface area contributed by atoms with Crippen LogP contribution in [0.15, 0.2) is 95.9 Å². The van der Waals surface area contributed by atoms with Crippen molar-refractivity contribution >= 4 is 22.5 Å². The molecule has 6 rings (SSSR count). The number of rotatable bonds is 12. The zero-order valence-corrected chi connectivity index (χ0v) is 28.9. The van der Waals surface area contributed by atoms with E-state index in [9.17, 15) is 18.4 Å². The Hall–Kier alpha value is -4.68. The molecule has 4 aromatic rings. The van der Waals surface area contributed by atoms with Crippen LogP contribution in [0.3, 0.4) is 0 Å². The topological polar surface area (TPSA) is 67.7 Å². The Morgan fingerprint density at radius 2 is 1.79 bits per heavy atom. The second-order valence-electron chi connectivity index (χ2n) is 13.5. The van der Waals surface area contributed by atoms with Gasteiger partial charge in [0, 0.05) is 57.3 Å². The first-order valence-corrected chi connectivity index (χ1v) is 17.4. The molecule has 12 heteroatoms. The summed E-state index contributed by atoms with van der Waals surface area (Å²) in [7, 11) is 1.61. The van der Waals surface area contributed by atoms with Gasteiger partial charge in [-0.3, -0.25) is 9.59 Å². The number of hydrogen-bond acceptors (Lipinski definition) is 5. The van der Waals surface area contributed by atoms with Crippen LogP contribution in [0.4, 0.5) is 22.0 Å². The second-order valence-corrected chi connectivity index (χ2v) is 13.5. The van der Waals surface area contributed by atoms with Gasteiger partial charge in [0.05, 0.1) is 12.0 Å². The van der Waals surface area contributed by atoms with E-state index in [2.05, 4.69) is 9.88 Å². The summed E-state index contributed by atoms with van der Waals surface area (Å²) in [6.07, 6.45) is 1.71. The zero-order valence-electron chi connectivity index (χ0n) is 28.9. The molecule has 2 aromatic carbocycles. The number of fused-ring (bicyclic) bond motifs is 1. The van der Waals surface area contributed by atoms with E-state index in [0.717, 1.165) is 11.6 Å². The number of methoxy groups -OCH3 is 1. The van der Waals surface area contributed by atoms with Crippen LogP contribution in [0.2, 0.25) is 0 Å². The third-order valence-electron chi connectivity index (χ3n) is 10.2. The number of aromatic nitrogens is 2. The fraction of sp³-hybridized carbons (Fsp3) is 0.375. The minimum absolute atomic E-state index is 0.0112. The molecule has 0 saturated carbocycles. The van der Waals surface area contributed by atoms with Gasteiger partial charge in [0.15, 0.2) is 17.1 Å².